The molecule has 0 aliphatic heterocycles. The molecule has 2 rings (SSSR count). The Morgan fingerprint density at radius 3 is 2.84 bits per heavy atom. The van der Waals surface area contributed by atoms with E-state index in [1.54, 1.807) is 0 Å². The summed E-state index contributed by atoms with van der Waals surface area (Å²) in [4.78, 5) is 23.3. The summed E-state index contributed by atoms with van der Waals surface area (Å²) < 4.78 is 17.7. The Morgan fingerprint density at radius 1 is 1.42 bits per heavy atom. The minimum Gasteiger partial charge on any atom is -0.465 e. The van der Waals surface area contributed by atoms with Gasteiger partial charge in [0.2, 0.25) is 0 Å². The maximum absolute atomic E-state index is 13.2. The molecule has 0 aliphatic rings. The van der Waals surface area contributed by atoms with Gasteiger partial charge in [-0.15, -0.1) is 0 Å². The molecule has 0 fully saturated rings. The molecule has 1 heterocycles. The smallest absolute Gasteiger partial charge is 0.339 e. The number of amides is 1. The third kappa shape index (κ3) is 2.76. The number of aromatic amines is 1. The van der Waals surface area contributed by atoms with Crippen molar-refractivity contribution in [2.75, 3.05) is 12.4 Å². The summed E-state index contributed by atoms with van der Waals surface area (Å²) in [6, 6.07) is 3.40. The van der Waals surface area contributed by atoms with Crippen LogP contribution in [0.25, 0.3) is 0 Å². The largest absolute Gasteiger partial charge is 0.465 e. The number of rotatable bonds is 3. The number of aromatic nitrogens is 2. The van der Waals surface area contributed by atoms with Crippen molar-refractivity contribution in [2.45, 2.75) is 0 Å². The van der Waals surface area contributed by atoms with Crippen LogP contribution in [0.2, 0.25) is 0 Å². The van der Waals surface area contributed by atoms with Crippen LogP contribution in [0.4, 0.5) is 10.1 Å². The van der Waals surface area contributed by atoms with Crippen LogP contribution in [0.15, 0.2) is 30.6 Å². The summed E-state index contributed by atoms with van der Waals surface area (Å²) in [7, 11) is 1.20. The molecule has 98 valence electrons. The van der Waals surface area contributed by atoms with Crippen molar-refractivity contribution < 1.29 is 18.7 Å². The molecule has 1 aromatic heterocycles. The van der Waals surface area contributed by atoms with E-state index in [0.717, 1.165) is 12.1 Å². The predicted molar refractivity (Wildman–Crippen MR) is 64.3 cm³/mol. The van der Waals surface area contributed by atoms with E-state index in [0.29, 0.717) is 0 Å². The molecule has 0 aliphatic carbocycles. The Hall–Kier alpha value is -2.70. The molecule has 6 nitrogen and oxygen atoms in total. The van der Waals surface area contributed by atoms with Crippen LogP contribution in [0.3, 0.4) is 0 Å². The molecular weight excluding hydrogens is 253 g/mol. The maximum Gasteiger partial charge on any atom is 0.339 e. The fourth-order valence-corrected chi connectivity index (χ4v) is 1.48. The van der Waals surface area contributed by atoms with Crippen molar-refractivity contribution in [3.63, 3.8) is 0 Å². The summed E-state index contributed by atoms with van der Waals surface area (Å²) in [6.45, 7) is 0. The lowest BCUT2D eigenvalue weighted by atomic mass is 10.1. The van der Waals surface area contributed by atoms with Crippen LogP contribution < -0.4 is 5.32 Å². The highest BCUT2D eigenvalue weighted by molar-refractivity contribution is 6.07. The Bertz CT molecular complexity index is 611. The van der Waals surface area contributed by atoms with Crippen LogP contribution >= 0.6 is 0 Å². The SMILES string of the molecule is COC(=O)c1ccc(F)cc1NC(=O)c1cn[nH]c1. The molecule has 1 amide bonds. The Kier molecular flexibility index (Phi) is 3.56. The first-order chi connectivity index (χ1) is 9.11. The van der Waals surface area contributed by atoms with Crippen molar-refractivity contribution in [2.24, 2.45) is 0 Å². The van der Waals surface area contributed by atoms with Crippen LogP contribution in [0.1, 0.15) is 20.7 Å². The number of H-pyrrole nitrogens is 1. The Morgan fingerprint density at radius 2 is 2.21 bits per heavy atom. The number of nitrogens with zero attached hydrogens (tertiary/aromatic N) is 1. The van der Waals surface area contributed by atoms with E-state index in [1.165, 1.54) is 25.6 Å². The molecule has 0 unspecified atom stereocenters. The number of methoxy groups -OCH3 is 1. The minimum atomic E-state index is -0.664. The van der Waals surface area contributed by atoms with Crippen molar-refractivity contribution in [3.05, 3.63) is 47.5 Å². The molecule has 0 bridgehead atoms. The van der Waals surface area contributed by atoms with E-state index in [9.17, 15) is 14.0 Å². The zero-order valence-corrected chi connectivity index (χ0v) is 9.94. The molecule has 2 aromatic rings. The quantitative estimate of drug-likeness (QED) is 0.823. The van der Waals surface area contributed by atoms with Gasteiger partial charge in [0, 0.05) is 6.20 Å². The summed E-state index contributed by atoms with van der Waals surface area (Å²) in [5.74, 6) is -1.75. The summed E-state index contributed by atoms with van der Waals surface area (Å²) in [6.07, 6.45) is 2.69. The van der Waals surface area contributed by atoms with Gasteiger partial charge in [0.05, 0.1) is 30.1 Å². The number of ether oxygens (including phenoxy) is 1. The Labute approximate surface area is 107 Å². The van der Waals surface area contributed by atoms with Gasteiger partial charge < -0.3 is 10.1 Å². The number of esters is 1. The van der Waals surface area contributed by atoms with E-state index in [2.05, 4.69) is 20.3 Å². The van der Waals surface area contributed by atoms with Crippen molar-refractivity contribution in [3.8, 4) is 0 Å². The predicted octanol–water partition coefficient (Wildman–Crippen LogP) is 1.59. The van der Waals surface area contributed by atoms with E-state index in [4.69, 9.17) is 0 Å². The highest BCUT2D eigenvalue weighted by atomic mass is 19.1. The maximum atomic E-state index is 13.2. The fraction of sp³-hybridized carbons (Fsp3) is 0.0833. The first-order valence-electron chi connectivity index (χ1n) is 5.30. The van der Waals surface area contributed by atoms with Crippen molar-refractivity contribution in [1.29, 1.82) is 0 Å². The number of nitrogens with one attached hydrogen (secondary N) is 2. The molecule has 1 aromatic carbocycles. The second-order valence-electron chi connectivity index (χ2n) is 3.62. The van der Waals surface area contributed by atoms with Crippen molar-refractivity contribution >= 4 is 17.6 Å². The van der Waals surface area contributed by atoms with Gasteiger partial charge in [-0.3, -0.25) is 9.89 Å². The van der Waals surface area contributed by atoms with Gasteiger partial charge in [-0.1, -0.05) is 0 Å². The van der Waals surface area contributed by atoms with Crippen molar-refractivity contribution in [1.82, 2.24) is 10.2 Å². The third-order valence-corrected chi connectivity index (χ3v) is 2.40. The standard InChI is InChI=1S/C12H10FN3O3/c1-19-12(18)9-3-2-8(13)4-10(9)16-11(17)7-5-14-15-6-7/h2-6H,1H3,(H,14,15)(H,16,17). The number of carbonyl (C=O) groups excluding carboxylic acids is 2. The topological polar surface area (TPSA) is 84.1 Å². The number of hydrogen-bond donors (Lipinski definition) is 2. The zero-order chi connectivity index (χ0) is 13.8. The van der Waals surface area contributed by atoms with E-state index < -0.39 is 17.7 Å². The lowest BCUT2D eigenvalue weighted by molar-refractivity contribution is 0.0602. The van der Waals surface area contributed by atoms with Gasteiger partial charge in [0.15, 0.2) is 0 Å². The van der Waals surface area contributed by atoms with Gasteiger partial charge in [0.1, 0.15) is 5.82 Å². The molecule has 0 saturated heterocycles. The third-order valence-electron chi connectivity index (χ3n) is 2.40. The molecule has 0 atom stereocenters. The van der Waals surface area contributed by atoms with Gasteiger partial charge in [-0.05, 0) is 18.2 Å². The lowest BCUT2D eigenvalue weighted by Crippen LogP contribution is -2.15. The molecule has 7 heteroatoms. The normalized spacial score (nSPS) is 10.0. The minimum absolute atomic E-state index is 0.0399. The molecule has 19 heavy (non-hydrogen) atoms. The number of halogens is 1. The van der Waals surface area contributed by atoms with Gasteiger partial charge in [-0.25, -0.2) is 9.18 Å². The summed E-state index contributed by atoms with van der Waals surface area (Å²) in [5, 5.41) is 8.53. The van der Waals surface area contributed by atoms with E-state index >= 15 is 0 Å². The van der Waals surface area contributed by atoms with Crippen LogP contribution in [0, 0.1) is 5.82 Å². The summed E-state index contributed by atoms with van der Waals surface area (Å²) in [5.41, 5.74) is 0.374. The van der Waals surface area contributed by atoms with E-state index in [1.807, 2.05) is 0 Å². The molecule has 0 radical (unpaired) electrons. The van der Waals surface area contributed by atoms with Gasteiger partial charge in [-0.2, -0.15) is 5.10 Å². The second kappa shape index (κ2) is 5.30. The highest BCUT2D eigenvalue weighted by Gasteiger charge is 2.16. The molecule has 0 saturated carbocycles. The summed E-state index contributed by atoms with van der Waals surface area (Å²) >= 11 is 0. The first-order valence-corrected chi connectivity index (χ1v) is 5.30. The number of benzene rings is 1. The second-order valence-corrected chi connectivity index (χ2v) is 3.62. The number of anilines is 1. The lowest BCUT2D eigenvalue weighted by Gasteiger charge is -2.09. The molecular formula is C12H10FN3O3. The number of hydrogen-bond acceptors (Lipinski definition) is 4. The van der Waals surface area contributed by atoms with Gasteiger partial charge >= 0.3 is 5.97 Å². The fourth-order valence-electron chi connectivity index (χ4n) is 1.48. The van der Waals surface area contributed by atoms with Crippen LogP contribution in [-0.4, -0.2) is 29.2 Å². The van der Waals surface area contributed by atoms with Gasteiger partial charge in [0.25, 0.3) is 5.91 Å². The average molecular weight is 263 g/mol. The van der Waals surface area contributed by atoms with Crippen LogP contribution in [0.5, 0.6) is 0 Å². The zero-order valence-electron chi connectivity index (χ0n) is 9.94. The molecule has 2 N–H and O–H groups in total. The average Bonchev–Trinajstić information content (AvgIpc) is 2.92. The first kappa shape index (κ1) is 12.7. The van der Waals surface area contributed by atoms with E-state index in [-0.39, 0.29) is 16.8 Å². The highest BCUT2D eigenvalue weighted by Crippen LogP contribution is 2.19. The number of carbonyl (C=O) groups is 2. The Balaban J connectivity index is 2.31. The molecule has 0 spiro atoms. The monoisotopic (exact) mass is 263 g/mol. The van der Waals surface area contributed by atoms with Crippen LogP contribution in [-0.2, 0) is 4.74 Å².